The van der Waals surface area contributed by atoms with Gasteiger partial charge in [0.1, 0.15) is 30.1 Å². The highest BCUT2D eigenvalue weighted by Gasteiger charge is 2.17. The molecule has 0 fully saturated rings. The topological polar surface area (TPSA) is 103 Å². The molecule has 13 heteroatoms. The molecule has 2 aromatic rings. The smallest absolute Gasteiger partial charge is 0.158 e. The number of likely N-dealkylation sites (N-methyl/N-ethyl adjacent to an activating group) is 2. The summed E-state index contributed by atoms with van der Waals surface area (Å²) in [5.74, 6) is 1.81. The number of nitrogens with zero attached hydrogens (tertiary/aromatic N) is 7. The largest absolute Gasteiger partial charge is 0.377 e. The number of anilines is 1. The van der Waals surface area contributed by atoms with Gasteiger partial charge in [0.25, 0.3) is 0 Å². The molecule has 1 heterocycles. The Morgan fingerprint density at radius 2 is 1.32 bits per heavy atom. The van der Waals surface area contributed by atoms with Gasteiger partial charge in [-0.15, -0.1) is 21.6 Å². The summed E-state index contributed by atoms with van der Waals surface area (Å²) in [4.78, 5) is 2.75. The van der Waals surface area contributed by atoms with Crippen molar-refractivity contribution in [2.45, 2.75) is 26.7 Å². The minimum Gasteiger partial charge on any atom is -0.377 e. The first-order valence-corrected chi connectivity index (χ1v) is 18.3. The molecule has 1 aromatic heterocycles. The zero-order valence-corrected chi connectivity index (χ0v) is 31.8. The minimum absolute atomic E-state index is 0.400. The number of nitriles is 2. The third kappa shape index (κ3) is 15.3. The van der Waals surface area contributed by atoms with E-state index in [1.165, 1.54) is 11.3 Å². The third-order valence-corrected chi connectivity index (χ3v) is 9.76. The number of azo groups is 1. The molecular weight excluding hydrogens is 651 g/mol. The van der Waals surface area contributed by atoms with Crippen LogP contribution in [0.15, 0.2) is 28.4 Å². The lowest BCUT2D eigenvalue weighted by Crippen LogP contribution is -2.43. The first-order valence-electron chi connectivity index (χ1n) is 16.3. The van der Waals surface area contributed by atoms with Crippen LogP contribution in [0.1, 0.15) is 34.4 Å². The van der Waals surface area contributed by atoms with Crippen LogP contribution in [0.4, 0.5) is 16.4 Å². The van der Waals surface area contributed by atoms with E-state index in [2.05, 4.69) is 86.8 Å². The fourth-order valence-corrected chi connectivity index (χ4v) is 6.00. The predicted molar refractivity (Wildman–Crippen MR) is 199 cm³/mol. The predicted octanol–water partition coefficient (Wildman–Crippen LogP) is 6.17. The minimum atomic E-state index is 0.400. The number of benzene rings is 1. The van der Waals surface area contributed by atoms with Crippen LogP contribution in [0.2, 0.25) is 0 Å². The molecule has 0 N–H and O–H groups in total. The fraction of sp³-hybridized carbons (Fsp3) is 0.647. The van der Waals surface area contributed by atoms with Crippen molar-refractivity contribution in [2.75, 3.05) is 124 Å². The Hall–Kier alpha value is -2.20. The van der Waals surface area contributed by atoms with E-state index in [-0.39, 0.29) is 0 Å². The van der Waals surface area contributed by atoms with Gasteiger partial charge in [-0.05, 0) is 54.7 Å². The summed E-state index contributed by atoms with van der Waals surface area (Å²) in [6, 6.07) is 10.3. The zero-order chi connectivity index (χ0) is 34.7. The molecule has 0 aliphatic rings. The Labute approximate surface area is 297 Å². The number of ether oxygens (including phenoxy) is 3. The molecule has 0 saturated heterocycles. The third-order valence-electron chi connectivity index (χ3n) is 8.04. The van der Waals surface area contributed by atoms with Crippen LogP contribution in [0, 0.1) is 36.5 Å². The standard InChI is InChI=1S/C34H53N7O3S3/c1-28-25-30(9-10-32(28)37-38-34-31(26-35)29(2)33(27-36)47-34)39(11-17-42-19-15-40(3,4)13-7-23-45)12-18-43-21-22-44-20-16-41(5,6)14-8-24-46/h9-10,25H,7-8,11-24H2,1-6H3/p+2/b38-37+. The van der Waals surface area contributed by atoms with E-state index in [4.69, 9.17) is 14.2 Å². The Morgan fingerprint density at radius 1 is 0.766 bits per heavy atom. The molecule has 260 valence electrons. The second kappa shape index (κ2) is 21.7. The summed E-state index contributed by atoms with van der Waals surface area (Å²) in [6.07, 6.45) is 2.19. The maximum Gasteiger partial charge on any atom is 0.158 e. The van der Waals surface area contributed by atoms with Crippen LogP contribution >= 0.6 is 36.6 Å². The van der Waals surface area contributed by atoms with Crippen molar-refractivity contribution in [3.8, 4) is 12.1 Å². The highest BCUT2D eigenvalue weighted by atomic mass is 32.1. The highest BCUT2D eigenvalue weighted by molar-refractivity contribution is 7.80. The van der Waals surface area contributed by atoms with E-state index in [0.717, 1.165) is 77.3 Å². The van der Waals surface area contributed by atoms with Gasteiger partial charge in [0, 0.05) is 31.6 Å². The molecule has 0 spiro atoms. The number of aryl methyl sites for hydroxylation is 1. The number of quaternary nitrogens is 2. The molecule has 0 amide bonds. The highest BCUT2D eigenvalue weighted by Crippen LogP contribution is 2.36. The summed E-state index contributed by atoms with van der Waals surface area (Å²) in [5.41, 5.74) is 3.76. The lowest BCUT2D eigenvalue weighted by molar-refractivity contribution is -0.890. The van der Waals surface area contributed by atoms with E-state index < -0.39 is 0 Å². The lowest BCUT2D eigenvalue weighted by Gasteiger charge is -2.30. The second-order valence-corrected chi connectivity index (χ2v) is 14.8. The molecule has 0 aliphatic carbocycles. The number of thiophene rings is 1. The van der Waals surface area contributed by atoms with E-state index in [0.29, 0.717) is 72.9 Å². The molecule has 0 bridgehead atoms. The van der Waals surface area contributed by atoms with Crippen molar-refractivity contribution in [3.63, 3.8) is 0 Å². The van der Waals surface area contributed by atoms with Crippen LogP contribution in [0.5, 0.6) is 0 Å². The monoisotopic (exact) mass is 705 g/mol. The molecule has 10 nitrogen and oxygen atoms in total. The molecule has 0 radical (unpaired) electrons. The maximum atomic E-state index is 9.54. The van der Waals surface area contributed by atoms with Gasteiger partial charge in [0.2, 0.25) is 0 Å². The van der Waals surface area contributed by atoms with Gasteiger partial charge < -0.3 is 28.1 Å². The van der Waals surface area contributed by atoms with Crippen molar-refractivity contribution >= 4 is 53.0 Å². The Morgan fingerprint density at radius 3 is 1.83 bits per heavy atom. The summed E-state index contributed by atoms with van der Waals surface area (Å²) in [7, 11) is 8.91. The molecule has 0 atom stereocenters. The summed E-state index contributed by atoms with van der Waals surface area (Å²) in [6.45, 7) is 13.0. The van der Waals surface area contributed by atoms with Gasteiger partial charge in [-0.2, -0.15) is 35.8 Å². The number of hydrogen-bond donors (Lipinski definition) is 2. The van der Waals surface area contributed by atoms with Crippen LogP contribution in [0.3, 0.4) is 0 Å². The average Bonchev–Trinajstić information content (AvgIpc) is 3.36. The molecule has 0 aliphatic heterocycles. The average molecular weight is 706 g/mol. The molecular formula is C34H55N7O3S3+2. The molecule has 1 aromatic carbocycles. The van der Waals surface area contributed by atoms with Gasteiger partial charge >= 0.3 is 0 Å². The quantitative estimate of drug-likeness (QED) is 0.0586. The Kier molecular flexibility index (Phi) is 18.9. The van der Waals surface area contributed by atoms with Gasteiger partial charge in [-0.3, -0.25) is 0 Å². The maximum absolute atomic E-state index is 9.54. The Balaban J connectivity index is 1.99. The summed E-state index contributed by atoms with van der Waals surface area (Å²) < 4.78 is 19.7. The normalized spacial score (nSPS) is 12.0. The first kappa shape index (κ1) is 41.0. The van der Waals surface area contributed by atoms with Gasteiger partial charge in [-0.25, -0.2) is 0 Å². The summed E-state index contributed by atoms with van der Waals surface area (Å²) >= 11 is 9.86. The molecule has 0 unspecified atom stereocenters. The van der Waals surface area contributed by atoms with Crippen molar-refractivity contribution in [3.05, 3.63) is 39.8 Å². The van der Waals surface area contributed by atoms with Crippen LogP contribution in [0.25, 0.3) is 0 Å². The number of thiol groups is 2. The van der Waals surface area contributed by atoms with Gasteiger partial charge in [0.15, 0.2) is 5.00 Å². The zero-order valence-electron chi connectivity index (χ0n) is 29.2. The van der Waals surface area contributed by atoms with E-state index in [9.17, 15) is 10.5 Å². The van der Waals surface area contributed by atoms with Crippen molar-refractivity contribution in [1.29, 1.82) is 10.5 Å². The fourth-order valence-electron chi connectivity index (χ4n) is 4.84. The van der Waals surface area contributed by atoms with Crippen LogP contribution in [-0.4, -0.2) is 128 Å². The van der Waals surface area contributed by atoms with Gasteiger partial charge in [0.05, 0.1) is 92.2 Å². The Bertz CT molecular complexity index is 1340. The molecule has 47 heavy (non-hydrogen) atoms. The number of hydrogen-bond acceptors (Lipinski definition) is 11. The summed E-state index contributed by atoms with van der Waals surface area (Å²) in [5, 5.41) is 28.1. The SMILES string of the molecule is Cc1cc(N(CCOCCOCC[N+](C)(C)CCCS)CCOCC[N+](C)(C)CCCS)ccc1/N=N/c1sc(C#N)c(C)c1C#N. The van der Waals surface area contributed by atoms with E-state index in [1.54, 1.807) is 6.92 Å². The van der Waals surface area contributed by atoms with Crippen molar-refractivity contribution < 1.29 is 23.2 Å². The molecule has 0 saturated carbocycles. The van der Waals surface area contributed by atoms with Crippen molar-refractivity contribution in [2.24, 2.45) is 10.2 Å². The lowest BCUT2D eigenvalue weighted by atomic mass is 10.1. The van der Waals surface area contributed by atoms with Crippen LogP contribution in [-0.2, 0) is 14.2 Å². The number of rotatable bonds is 24. The van der Waals surface area contributed by atoms with Crippen LogP contribution < -0.4 is 4.90 Å². The molecule has 2 rings (SSSR count). The van der Waals surface area contributed by atoms with E-state index >= 15 is 0 Å². The first-order chi connectivity index (χ1) is 22.5. The van der Waals surface area contributed by atoms with E-state index in [1.807, 2.05) is 19.1 Å². The van der Waals surface area contributed by atoms with Gasteiger partial charge in [-0.1, -0.05) is 0 Å². The van der Waals surface area contributed by atoms with Crippen molar-refractivity contribution in [1.82, 2.24) is 0 Å². The second-order valence-electron chi connectivity index (χ2n) is 12.9.